The molecule has 150 valence electrons. The van der Waals surface area contributed by atoms with Crippen LogP contribution in [0.1, 0.15) is 34.6 Å². The minimum absolute atomic E-state index is 0.142. The summed E-state index contributed by atoms with van der Waals surface area (Å²) in [4.78, 5) is 25.5. The lowest BCUT2D eigenvalue weighted by molar-refractivity contribution is 0.0585. The van der Waals surface area contributed by atoms with Gasteiger partial charge in [0.25, 0.3) is 5.91 Å². The second kappa shape index (κ2) is 7.52. The van der Waals surface area contributed by atoms with Gasteiger partial charge in [0.2, 0.25) is 0 Å². The number of fused-ring (bicyclic) bond motifs is 4. The zero-order valence-corrected chi connectivity index (χ0v) is 16.7. The van der Waals surface area contributed by atoms with Crippen molar-refractivity contribution in [1.82, 2.24) is 19.8 Å². The molecule has 2 atom stereocenters. The number of carbonyl (C=O) groups is 1. The number of nitrogens with one attached hydrogen (secondary N) is 1. The van der Waals surface area contributed by atoms with Crippen molar-refractivity contribution >= 4 is 5.91 Å². The number of aromatic nitrogens is 2. The molecule has 3 saturated heterocycles. The number of furan rings is 1. The molecule has 1 amide bonds. The molecule has 6 nitrogen and oxygen atoms in total. The van der Waals surface area contributed by atoms with Crippen LogP contribution in [0, 0.1) is 12.8 Å². The Labute approximate surface area is 170 Å². The average Bonchev–Trinajstić information content (AvgIpc) is 3.33. The maximum Gasteiger partial charge on any atom is 0.254 e. The van der Waals surface area contributed by atoms with Crippen LogP contribution in [0.3, 0.4) is 0 Å². The van der Waals surface area contributed by atoms with Crippen molar-refractivity contribution in [3.8, 4) is 11.3 Å². The number of nitrogens with zero attached hydrogens (tertiary/aromatic N) is 3. The molecule has 3 fully saturated rings. The highest BCUT2D eigenvalue weighted by molar-refractivity contribution is 5.95. The first-order valence-corrected chi connectivity index (χ1v) is 10.3. The van der Waals surface area contributed by atoms with E-state index in [0.29, 0.717) is 5.92 Å². The number of imidazole rings is 1. The number of aromatic amines is 1. The molecular weight excluding hydrogens is 364 g/mol. The third-order valence-electron chi connectivity index (χ3n) is 6.30. The number of H-pyrrole nitrogens is 1. The van der Waals surface area contributed by atoms with E-state index in [4.69, 9.17) is 4.42 Å². The van der Waals surface area contributed by atoms with Gasteiger partial charge in [-0.15, -0.1) is 0 Å². The molecular formula is C23H26N4O2. The van der Waals surface area contributed by atoms with E-state index in [1.807, 2.05) is 36.4 Å². The number of rotatable bonds is 4. The summed E-state index contributed by atoms with van der Waals surface area (Å²) in [5, 5.41) is 0. The smallest absolute Gasteiger partial charge is 0.254 e. The summed E-state index contributed by atoms with van der Waals surface area (Å²) in [7, 11) is 0. The molecule has 0 aliphatic carbocycles. The molecule has 6 heteroatoms. The normalized spacial score (nSPS) is 22.0. The Kier molecular flexibility index (Phi) is 4.72. The van der Waals surface area contributed by atoms with E-state index in [-0.39, 0.29) is 11.9 Å². The van der Waals surface area contributed by atoms with Crippen molar-refractivity contribution in [1.29, 1.82) is 0 Å². The maximum absolute atomic E-state index is 13.3. The Hall–Kier alpha value is -2.86. The van der Waals surface area contributed by atoms with E-state index >= 15 is 0 Å². The quantitative estimate of drug-likeness (QED) is 0.737. The van der Waals surface area contributed by atoms with E-state index in [9.17, 15) is 4.79 Å². The van der Waals surface area contributed by atoms with E-state index < -0.39 is 0 Å². The zero-order chi connectivity index (χ0) is 19.8. The third-order valence-corrected chi connectivity index (χ3v) is 6.30. The number of amides is 1. The van der Waals surface area contributed by atoms with Crippen LogP contribution >= 0.6 is 0 Å². The van der Waals surface area contributed by atoms with Gasteiger partial charge in [-0.25, -0.2) is 4.98 Å². The van der Waals surface area contributed by atoms with Crippen molar-refractivity contribution in [3.05, 3.63) is 65.9 Å². The summed E-state index contributed by atoms with van der Waals surface area (Å²) >= 11 is 0. The summed E-state index contributed by atoms with van der Waals surface area (Å²) < 4.78 is 5.45. The van der Waals surface area contributed by atoms with Gasteiger partial charge in [0.05, 0.1) is 18.3 Å². The second-order valence-corrected chi connectivity index (χ2v) is 8.28. The largest absolute Gasteiger partial charge is 0.464 e. The highest BCUT2D eigenvalue weighted by atomic mass is 16.3. The van der Waals surface area contributed by atoms with Crippen LogP contribution in [-0.2, 0) is 6.54 Å². The first-order chi connectivity index (χ1) is 14.2. The molecule has 3 aliphatic rings. The molecule has 29 heavy (non-hydrogen) atoms. The number of piperidine rings is 1. The highest BCUT2D eigenvalue weighted by Gasteiger charge is 2.37. The standard InChI is InChI=1S/C23H26N4O2/c1-16-21(25-15-24-16)14-26-11-17-4-9-20(13-26)27(12-17)23(28)19-7-5-18(6-8-19)22-3-2-10-29-22/h2-3,5-8,10,15,17,20H,4,9,11-14H2,1H3,(H,24,25)/t17-,20+/m1/s1. The Morgan fingerprint density at radius 3 is 2.76 bits per heavy atom. The van der Waals surface area contributed by atoms with Gasteiger partial charge in [-0.2, -0.15) is 0 Å². The summed E-state index contributed by atoms with van der Waals surface area (Å²) in [5.74, 6) is 1.49. The van der Waals surface area contributed by atoms with Gasteiger partial charge in [0.15, 0.2) is 0 Å². The number of carbonyl (C=O) groups excluding carboxylic acids is 1. The zero-order valence-electron chi connectivity index (χ0n) is 16.7. The first kappa shape index (κ1) is 18.2. The van der Waals surface area contributed by atoms with Gasteiger partial charge in [0.1, 0.15) is 5.76 Å². The second-order valence-electron chi connectivity index (χ2n) is 8.28. The summed E-state index contributed by atoms with van der Waals surface area (Å²) in [5.41, 5.74) is 3.98. The minimum Gasteiger partial charge on any atom is -0.464 e. The predicted octanol–water partition coefficient (Wildman–Crippen LogP) is 3.71. The molecule has 2 aromatic heterocycles. The molecule has 3 aromatic rings. The average molecular weight is 390 g/mol. The monoisotopic (exact) mass is 390 g/mol. The molecule has 1 aromatic carbocycles. The van der Waals surface area contributed by atoms with Crippen molar-refractivity contribution < 1.29 is 9.21 Å². The van der Waals surface area contributed by atoms with Gasteiger partial charge in [-0.1, -0.05) is 12.1 Å². The SMILES string of the molecule is Cc1[nH]cnc1CN1C[C@H]2CC[C@@H](C1)N(C(=O)c1ccc(-c3ccco3)cc1)C2. The summed E-state index contributed by atoms with van der Waals surface area (Å²) in [6.07, 6.45) is 5.71. The Morgan fingerprint density at radius 2 is 2.03 bits per heavy atom. The number of aryl methyl sites for hydroxylation is 1. The van der Waals surface area contributed by atoms with E-state index in [1.54, 1.807) is 12.6 Å². The number of benzene rings is 1. The number of hydrogen-bond acceptors (Lipinski definition) is 4. The fraction of sp³-hybridized carbons (Fsp3) is 0.391. The van der Waals surface area contributed by atoms with E-state index in [0.717, 1.165) is 60.9 Å². The van der Waals surface area contributed by atoms with Crippen molar-refractivity contribution in [3.63, 3.8) is 0 Å². The van der Waals surface area contributed by atoms with Gasteiger partial charge < -0.3 is 14.3 Å². The Bertz CT molecular complexity index is 977. The van der Waals surface area contributed by atoms with Crippen LogP contribution in [0.5, 0.6) is 0 Å². The fourth-order valence-electron chi connectivity index (χ4n) is 4.70. The molecule has 1 N–H and O–H groups in total. The molecule has 0 spiro atoms. The minimum atomic E-state index is 0.142. The maximum atomic E-state index is 13.3. The van der Waals surface area contributed by atoms with Gasteiger partial charge in [0, 0.05) is 49.0 Å². The lowest BCUT2D eigenvalue weighted by atomic mass is 9.94. The van der Waals surface area contributed by atoms with Crippen molar-refractivity contribution in [2.45, 2.75) is 32.4 Å². The van der Waals surface area contributed by atoms with Gasteiger partial charge >= 0.3 is 0 Å². The van der Waals surface area contributed by atoms with E-state index in [2.05, 4.69) is 26.7 Å². The van der Waals surface area contributed by atoms with Crippen LogP contribution in [-0.4, -0.2) is 51.4 Å². The van der Waals surface area contributed by atoms with Crippen LogP contribution in [0.25, 0.3) is 11.3 Å². The van der Waals surface area contributed by atoms with Gasteiger partial charge in [-0.05, 0) is 49.9 Å². The third kappa shape index (κ3) is 3.60. The van der Waals surface area contributed by atoms with Crippen LogP contribution in [0.2, 0.25) is 0 Å². The molecule has 3 aliphatic heterocycles. The first-order valence-electron chi connectivity index (χ1n) is 10.3. The number of hydrogen-bond donors (Lipinski definition) is 1. The van der Waals surface area contributed by atoms with Crippen molar-refractivity contribution in [2.24, 2.45) is 5.92 Å². The predicted molar refractivity (Wildman–Crippen MR) is 110 cm³/mol. The lowest BCUT2D eigenvalue weighted by Crippen LogP contribution is -2.47. The Balaban J connectivity index is 1.31. The highest BCUT2D eigenvalue weighted by Crippen LogP contribution is 2.30. The van der Waals surface area contributed by atoms with Crippen LogP contribution in [0.15, 0.2) is 53.4 Å². The van der Waals surface area contributed by atoms with Crippen molar-refractivity contribution in [2.75, 3.05) is 19.6 Å². The van der Waals surface area contributed by atoms with Gasteiger partial charge in [-0.3, -0.25) is 9.69 Å². The molecule has 0 radical (unpaired) electrons. The van der Waals surface area contributed by atoms with Crippen LogP contribution < -0.4 is 0 Å². The van der Waals surface area contributed by atoms with E-state index in [1.165, 1.54) is 6.42 Å². The lowest BCUT2D eigenvalue weighted by Gasteiger charge is -2.36. The molecule has 5 heterocycles. The molecule has 2 bridgehead atoms. The summed E-state index contributed by atoms with van der Waals surface area (Å²) in [6.45, 7) is 5.71. The fourth-order valence-corrected chi connectivity index (χ4v) is 4.70. The topological polar surface area (TPSA) is 65.4 Å². The molecule has 0 saturated carbocycles. The van der Waals surface area contributed by atoms with Crippen LogP contribution in [0.4, 0.5) is 0 Å². The molecule has 6 rings (SSSR count). The summed E-state index contributed by atoms with van der Waals surface area (Å²) in [6, 6.07) is 11.8. The molecule has 0 unspecified atom stereocenters. The Morgan fingerprint density at radius 1 is 1.17 bits per heavy atom.